The molecule has 1 unspecified atom stereocenters. The van der Waals surface area contributed by atoms with E-state index in [1.165, 1.54) is 4.88 Å². The summed E-state index contributed by atoms with van der Waals surface area (Å²) >= 11 is 1.74. The average Bonchev–Trinajstić information content (AvgIpc) is 3.02. The van der Waals surface area contributed by atoms with Gasteiger partial charge in [0.2, 0.25) is 0 Å². The SMILES string of the molecule is CCC(O)CN(Cc1ccco1)Cc1cccs1. The third-order valence-electron chi connectivity index (χ3n) is 2.86. The lowest BCUT2D eigenvalue weighted by molar-refractivity contribution is 0.0979. The predicted octanol–water partition coefficient (Wildman–Crippen LogP) is 3.11. The average molecular weight is 265 g/mol. The Labute approximate surface area is 112 Å². The second-order valence-corrected chi connectivity index (χ2v) is 5.42. The van der Waals surface area contributed by atoms with Gasteiger partial charge in [0.1, 0.15) is 5.76 Å². The summed E-state index contributed by atoms with van der Waals surface area (Å²) < 4.78 is 5.38. The Bertz CT molecular complexity index is 388. The van der Waals surface area contributed by atoms with E-state index < -0.39 is 0 Å². The summed E-state index contributed by atoms with van der Waals surface area (Å²) in [5, 5.41) is 11.9. The standard InChI is InChI=1S/C14H19NO2S/c1-2-12(16)9-15(10-13-5-3-7-17-13)11-14-6-4-8-18-14/h3-8,12,16H,2,9-11H2,1H3. The lowest BCUT2D eigenvalue weighted by Gasteiger charge is -2.23. The summed E-state index contributed by atoms with van der Waals surface area (Å²) in [5.74, 6) is 0.940. The van der Waals surface area contributed by atoms with Crippen molar-refractivity contribution in [3.63, 3.8) is 0 Å². The fourth-order valence-corrected chi connectivity index (χ4v) is 2.60. The number of hydrogen-bond acceptors (Lipinski definition) is 4. The molecule has 0 radical (unpaired) electrons. The number of aliphatic hydroxyl groups excluding tert-OH is 1. The van der Waals surface area contributed by atoms with Crippen molar-refractivity contribution in [2.45, 2.75) is 32.5 Å². The highest BCUT2D eigenvalue weighted by Crippen LogP contribution is 2.15. The summed E-state index contributed by atoms with van der Waals surface area (Å²) in [6.07, 6.45) is 2.19. The maximum Gasteiger partial charge on any atom is 0.117 e. The van der Waals surface area contributed by atoms with Gasteiger partial charge >= 0.3 is 0 Å². The largest absolute Gasteiger partial charge is 0.468 e. The van der Waals surface area contributed by atoms with E-state index in [0.29, 0.717) is 6.54 Å². The van der Waals surface area contributed by atoms with Gasteiger partial charge in [-0.15, -0.1) is 11.3 Å². The first-order valence-corrected chi connectivity index (χ1v) is 7.11. The number of hydrogen-bond donors (Lipinski definition) is 1. The van der Waals surface area contributed by atoms with E-state index in [9.17, 15) is 5.11 Å². The van der Waals surface area contributed by atoms with Gasteiger partial charge in [-0.3, -0.25) is 4.90 Å². The Morgan fingerprint density at radius 1 is 1.33 bits per heavy atom. The second kappa shape index (κ2) is 6.73. The minimum absolute atomic E-state index is 0.278. The van der Waals surface area contributed by atoms with Crippen LogP contribution >= 0.6 is 11.3 Å². The molecular formula is C14H19NO2S. The quantitative estimate of drug-likeness (QED) is 0.835. The van der Waals surface area contributed by atoms with E-state index in [1.807, 2.05) is 19.1 Å². The molecule has 2 heterocycles. The molecular weight excluding hydrogens is 246 g/mol. The molecule has 0 aromatic carbocycles. The smallest absolute Gasteiger partial charge is 0.117 e. The van der Waals surface area contributed by atoms with Crippen LogP contribution in [-0.2, 0) is 13.1 Å². The monoisotopic (exact) mass is 265 g/mol. The van der Waals surface area contributed by atoms with Crippen LogP contribution in [0.3, 0.4) is 0 Å². The fourth-order valence-electron chi connectivity index (χ4n) is 1.86. The van der Waals surface area contributed by atoms with Crippen molar-refractivity contribution < 1.29 is 9.52 Å². The Balaban J connectivity index is 1.97. The zero-order valence-electron chi connectivity index (χ0n) is 10.6. The predicted molar refractivity (Wildman–Crippen MR) is 73.4 cm³/mol. The lowest BCUT2D eigenvalue weighted by Crippen LogP contribution is -2.31. The summed E-state index contributed by atoms with van der Waals surface area (Å²) in [6, 6.07) is 8.05. The molecule has 0 spiro atoms. The van der Waals surface area contributed by atoms with Crippen LogP contribution in [0.2, 0.25) is 0 Å². The van der Waals surface area contributed by atoms with Crippen LogP contribution in [0, 0.1) is 0 Å². The summed E-state index contributed by atoms with van der Waals surface area (Å²) in [4.78, 5) is 3.53. The van der Waals surface area contributed by atoms with Gasteiger partial charge in [-0.25, -0.2) is 0 Å². The van der Waals surface area contributed by atoms with Crippen molar-refractivity contribution in [2.75, 3.05) is 6.54 Å². The third-order valence-corrected chi connectivity index (χ3v) is 3.72. The van der Waals surface area contributed by atoms with Crippen LogP contribution in [0.1, 0.15) is 24.0 Å². The molecule has 1 atom stereocenters. The van der Waals surface area contributed by atoms with Crippen LogP contribution < -0.4 is 0 Å². The summed E-state index contributed by atoms with van der Waals surface area (Å²) in [7, 11) is 0. The molecule has 2 rings (SSSR count). The molecule has 2 aromatic heterocycles. The normalized spacial score (nSPS) is 13.1. The van der Waals surface area contributed by atoms with Crippen LogP contribution in [0.15, 0.2) is 40.3 Å². The van der Waals surface area contributed by atoms with Crippen LogP contribution in [0.25, 0.3) is 0 Å². The number of thiophene rings is 1. The summed E-state index contributed by atoms with van der Waals surface area (Å²) in [5.41, 5.74) is 0. The van der Waals surface area contributed by atoms with Crippen LogP contribution in [0.4, 0.5) is 0 Å². The summed E-state index contributed by atoms with van der Waals surface area (Å²) in [6.45, 7) is 4.27. The molecule has 0 aliphatic heterocycles. The molecule has 0 fully saturated rings. The van der Waals surface area contributed by atoms with Crippen molar-refractivity contribution >= 4 is 11.3 Å². The fraction of sp³-hybridized carbons (Fsp3) is 0.429. The second-order valence-electron chi connectivity index (χ2n) is 4.39. The van der Waals surface area contributed by atoms with Crippen molar-refractivity contribution in [1.29, 1.82) is 0 Å². The van der Waals surface area contributed by atoms with Crippen molar-refractivity contribution in [3.8, 4) is 0 Å². The maximum atomic E-state index is 9.82. The number of nitrogens with zero attached hydrogens (tertiary/aromatic N) is 1. The molecule has 18 heavy (non-hydrogen) atoms. The van der Waals surface area contributed by atoms with Gasteiger partial charge in [-0.2, -0.15) is 0 Å². The molecule has 0 aliphatic rings. The molecule has 98 valence electrons. The van der Waals surface area contributed by atoms with E-state index in [4.69, 9.17) is 4.42 Å². The Hall–Kier alpha value is -1.10. The Morgan fingerprint density at radius 3 is 2.83 bits per heavy atom. The van der Waals surface area contributed by atoms with E-state index in [-0.39, 0.29) is 6.10 Å². The van der Waals surface area contributed by atoms with Gasteiger partial charge in [-0.05, 0) is 30.0 Å². The molecule has 0 aliphatic carbocycles. The first-order chi connectivity index (χ1) is 8.78. The molecule has 0 saturated carbocycles. The van der Waals surface area contributed by atoms with Gasteiger partial charge in [0.25, 0.3) is 0 Å². The molecule has 0 amide bonds. The number of aliphatic hydroxyl groups is 1. The lowest BCUT2D eigenvalue weighted by atomic mass is 10.2. The third kappa shape index (κ3) is 3.98. The topological polar surface area (TPSA) is 36.6 Å². The number of furan rings is 1. The zero-order chi connectivity index (χ0) is 12.8. The highest BCUT2D eigenvalue weighted by molar-refractivity contribution is 7.09. The van der Waals surface area contributed by atoms with Crippen LogP contribution in [-0.4, -0.2) is 22.7 Å². The first kappa shape index (κ1) is 13.3. The zero-order valence-corrected chi connectivity index (χ0v) is 11.4. The van der Waals surface area contributed by atoms with E-state index in [2.05, 4.69) is 22.4 Å². The molecule has 0 bridgehead atoms. The minimum atomic E-state index is -0.278. The van der Waals surface area contributed by atoms with Gasteiger partial charge in [0.15, 0.2) is 0 Å². The molecule has 1 N–H and O–H groups in total. The Morgan fingerprint density at radius 2 is 2.22 bits per heavy atom. The maximum absolute atomic E-state index is 9.82. The van der Waals surface area contributed by atoms with Crippen LogP contribution in [0.5, 0.6) is 0 Å². The van der Waals surface area contributed by atoms with Gasteiger partial charge in [-0.1, -0.05) is 13.0 Å². The minimum Gasteiger partial charge on any atom is -0.468 e. The van der Waals surface area contributed by atoms with Gasteiger partial charge in [0.05, 0.1) is 18.9 Å². The highest BCUT2D eigenvalue weighted by atomic mass is 32.1. The van der Waals surface area contributed by atoms with Gasteiger partial charge < -0.3 is 9.52 Å². The van der Waals surface area contributed by atoms with Crippen molar-refractivity contribution in [2.24, 2.45) is 0 Å². The molecule has 0 saturated heterocycles. The molecule has 3 nitrogen and oxygen atoms in total. The van der Waals surface area contributed by atoms with Gasteiger partial charge in [0, 0.05) is 18.0 Å². The number of rotatable bonds is 7. The van der Waals surface area contributed by atoms with Crippen molar-refractivity contribution in [1.82, 2.24) is 4.90 Å². The highest BCUT2D eigenvalue weighted by Gasteiger charge is 2.13. The van der Waals surface area contributed by atoms with E-state index >= 15 is 0 Å². The Kier molecular flexibility index (Phi) is 4.99. The van der Waals surface area contributed by atoms with E-state index in [0.717, 1.165) is 25.3 Å². The molecule has 4 heteroatoms. The van der Waals surface area contributed by atoms with E-state index in [1.54, 1.807) is 17.6 Å². The van der Waals surface area contributed by atoms with Crippen molar-refractivity contribution in [3.05, 3.63) is 46.5 Å². The molecule has 2 aromatic rings. The first-order valence-electron chi connectivity index (χ1n) is 6.23.